The summed E-state index contributed by atoms with van der Waals surface area (Å²) < 4.78 is 14.6. The number of halogens is 1. The van der Waals surface area contributed by atoms with Crippen LogP contribution in [0.1, 0.15) is 5.56 Å². The molecular weight excluding hydrogens is 401 g/mol. The van der Waals surface area contributed by atoms with Crippen LogP contribution in [0.2, 0.25) is 0 Å². The van der Waals surface area contributed by atoms with Gasteiger partial charge >= 0.3 is 6.03 Å². The van der Waals surface area contributed by atoms with E-state index in [9.17, 15) is 14.0 Å². The number of nitrogens with one attached hydrogen (secondary N) is 4. The number of amides is 3. The number of rotatable bonds is 7. The first-order chi connectivity index (χ1) is 14.8. The molecule has 3 amide bonds. The van der Waals surface area contributed by atoms with Gasteiger partial charge in [0.2, 0.25) is 0 Å². The van der Waals surface area contributed by atoms with Crippen molar-refractivity contribution in [3.63, 3.8) is 0 Å². The van der Waals surface area contributed by atoms with Gasteiger partial charge < -0.3 is 26.6 Å². The van der Waals surface area contributed by atoms with Gasteiger partial charge in [-0.3, -0.25) is 10.1 Å². The molecule has 3 rings (SSSR count). The molecule has 31 heavy (non-hydrogen) atoms. The molecule has 9 nitrogen and oxygen atoms in total. The van der Waals surface area contributed by atoms with Crippen molar-refractivity contribution in [2.45, 2.75) is 12.5 Å². The third-order valence-corrected chi connectivity index (χ3v) is 4.45. The molecule has 0 aromatic heterocycles. The summed E-state index contributed by atoms with van der Waals surface area (Å²) in [6, 6.07) is 13.3. The Balaban J connectivity index is 1.86. The van der Waals surface area contributed by atoms with Crippen molar-refractivity contribution in [1.29, 1.82) is 0 Å². The van der Waals surface area contributed by atoms with Gasteiger partial charge in [0, 0.05) is 38.7 Å². The van der Waals surface area contributed by atoms with Gasteiger partial charge in [-0.1, -0.05) is 30.3 Å². The lowest BCUT2D eigenvalue weighted by atomic mass is 10.2. The minimum Gasteiger partial charge on any atom is -0.366 e. The molecule has 1 aliphatic heterocycles. The third-order valence-electron chi connectivity index (χ3n) is 4.45. The largest absolute Gasteiger partial charge is 0.366 e. The van der Waals surface area contributed by atoms with Gasteiger partial charge in [-0.05, 0) is 23.8 Å². The number of hydrogen-bond acceptors (Lipinski definition) is 6. The van der Waals surface area contributed by atoms with E-state index in [1.54, 1.807) is 14.1 Å². The summed E-state index contributed by atoms with van der Waals surface area (Å²) in [5.74, 6) is -2.56. The van der Waals surface area contributed by atoms with Crippen molar-refractivity contribution in [1.82, 2.24) is 15.5 Å². The van der Waals surface area contributed by atoms with E-state index in [2.05, 4.69) is 26.3 Å². The maximum absolute atomic E-state index is 14.6. The number of anilines is 2. The van der Waals surface area contributed by atoms with Gasteiger partial charge in [-0.15, -0.1) is 0 Å². The van der Waals surface area contributed by atoms with Gasteiger partial charge in [0.15, 0.2) is 0 Å². The van der Waals surface area contributed by atoms with E-state index in [-0.39, 0.29) is 17.3 Å². The third kappa shape index (κ3) is 5.58. The van der Waals surface area contributed by atoms with Crippen LogP contribution in [0.15, 0.2) is 65.3 Å². The molecule has 1 aliphatic rings. The van der Waals surface area contributed by atoms with Crippen LogP contribution in [-0.4, -0.2) is 43.1 Å². The maximum Gasteiger partial charge on any atom is 0.321 e. The number of benzene rings is 2. The Labute approximate surface area is 179 Å². The van der Waals surface area contributed by atoms with Crippen LogP contribution in [0.4, 0.5) is 20.6 Å². The van der Waals surface area contributed by atoms with Gasteiger partial charge in [-0.2, -0.15) is 0 Å². The quantitative estimate of drug-likeness (QED) is 0.433. The van der Waals surface area contributed by atoms with Crippen LogP contribution in [0, 0.1) is 5.82 Å². The van der Waals surface area contributed by atoms with E-state index < -0.39 is 17.6 Å². The molecule has 0 spiro atoms. The Kier molecular flexibility index (Phi) is 6.51. The first kappa shape index (κ1) is 21.8. The van der Waals surface area contributed by atoms with Crippen molar-refractivity contribution in [3.8, 4) is 0 Å². The number of nitrogens with zero attached hydrogens (tertiary/aromatic N) is 2. The fourth-order valence-electron chi connectivity index (χ4n) is 2.72. The normalized spacial score (nSPS) is 17.3. The van der Waals surface area contributed by atoms with E-state index in [0.717, 1.165) is 5.56 Å². The van der Waals surface area contributed by atoms with E-state index in [4.69, 9.17) is 5.73 Å². The number of urea groups is 1. The minimum atomic E-state index is -1.36. The fraction of sp³-hybridized carbons (Fsp3) is 0.190. The number of nitrogens with two attached hydrogens (primary N) is 1. The predicted octanol–water partition coefficient (Wildman–Crippen LogP) is 1.78. The average Bonchev–Trinajstić information content (AvgIpc) is 2.76. The zero-order valence-electron chi connectivity index (χ0n) is 17.1. The highest BCUT2D eigenvalue weighted by molar-refractivity contribution is 6.11. The monoisotopic (exact) mass is 425 g/mol. The number of hydrogen-bond donors (Lipinski definition) is 5. The SMILES string of the molecule is CN(C)C(=O)Nc1ccc(F)c(NC2(NCc3ccccc3)N=CC(C(N)=O)=CN2)c1. The molecule has 2 aromatic carbocycles. The number of primary amides is 1. The predicted molar refractivity (Wildman–Crippen MR) is 118 cm³/mol. The number of carbonyl (C=O) groups excluding carboxylic acids is 2. The molecule has 1 heterocycles. The van der Waals surface area contributed by atoms with Crippen LogP contribution in [0.25, 0.3) is 0 Å². The summed E-state index contributed by atoms with van der Waals surface area (Å²) >= 11 is 0. The molecule has 0 saturated carbocycles. The van der Waals surface area contributed by atoms with Crippen LogP contribution < -0.4 is 27.0 Å². The molecule has 0 fully saturated rings. The molecule has 0 bridgehead atoms. The molecule has 1 atom stereocenters. The number of aliphatic imine (C=N–C) groups is 1. The summed E-state index contributed by atoms with van der Waals surface area (Å²) in [4.78, 5) is 29.1. The van der Waals surface area contributed by atoms with Crippen molar-refractivity contribution in [2.24, 2.45) is 10.7 Å². The summed E-state index contributed by atoms with van der Waals surface area (Å²) in [6.45, 7) is 0.386. The lowest BCUT2D eigenvalue weighted by molar-refractivity contribution is -0.114. The van der Waals surface area contributed by atoms with E-state index in [1.807, 2.05) is 30.3 Å². The van der Waals surface area contributed by atoms with Crippen LogP contribution >= 0.6 is 0 Å². The zero-order valence-corrected chi connectivity index (χ0v) is 17.1. The summed E-state index contributed by atoms with van der Waals surface area (Å²) in [5, 5.41) is 11.8. The fourth-order valence-corrected chi connectivity index (χ4v) is 2.72. The zero-order chi connectivity index (χ0) is 22.4. The molecule has 0 aliphatic carbocycles. The van der Waals surface area contributed by atoms with Crippen LogP contribution in [0.5, 0.6) is 0 Å². The second-order valence-electron chi connectivity index (χ2n) is 7.06. The lowest BCUT2D eigenvalue weighted by Crippen LogP contribution is -2.60. The Bertz CT molecular complexity index is 1020. The molecule has 0 saturated heterocycles. The van der Waals surface area contributed by atoms with Gasteiger partial charge in [0.25, 0.3) is 11.8 Å². The van der Waals surface area contributed by atoms with Crippen LogP contribution in [0.3, 0.4) is 0 Å². The highest BCUT2D eigenvalue weighted by atomic mass is 19.1. The molecule has 162 valence electrons. The minimum absolute atomic E-state index is 0.0812. The molecule has 10 heteroatoms. The van der Waals surface area contributed by atoms with Crippen molar-refractivity contribution in [2.75, 3.05) is 24.7 Å². The highest BCUT2D eigenvalue weighted by Gasteiger charge is 2.31. The second kappa shape index (κ2) is 9.26. The topological polar surface area (TPSA) is 124 Å². The Hall–Kier alpha value is -3.92. The molecule has 6 N–H and O–H groups in total. The van der Waals surface area contributed by atoms with E-state index in [0.29, 0.717) is 12.2 Å². The Morgan fingerprint density at radius 3 is 2.55 bits per heavy atom. The van der Waals surface area contributed by atoms with Gasteiger partial charge in [0.1, 0.15) is 5.82 Å². The Morgan fingerprint density at radius 1 is 1.19 bits per heavy atom. The number of carbonyl (C=O) groups is 2. The average molecular weight is 425 g/mol. The smallest absolute Gasteiger partial charge is 0.321 e. The maximum atomic E-state index is 14.6. The Morgan fingerprint density at radius 2 is 1.94 bits per heavy atom. The summed E-state index contributed by atoms with van der Waals surface area (Å²) in [6.07, 6.45) is 2.70. The van der Waals surface area contributed by atoms with E-state index >= 15 is 0 Å². The van der Waals surface area contributed by atoms with Crippen molar-refractivity contribution in [3.05, 3.63) is 71.7 Å². The molecule has 2 aromatic rings. The standard InChI is InChI=1S/C21H24FN7O2/c1-29(2)20(31)27-16-8-9-17(22)18(10-16)28-21(24-11-14-6-4-3-5-7-14)25-12-15(13-26-21)19(23)30/h3-10,12-13,24-25,28H,11H2,1-2H3,(H2,23,30)(H,27,31). The summed E-state index contributed by atoms with van der Waals surface area (Å²) in [5.41, 5.74) is 6.93. The molecular formula is C21H24FN7O2. The molecule has 1 unspecified atom stereocenters. The van der Waals surface area contributed by atoms with Crippen LogP contribution in [-0.2, 0) is 11.3 Å². The summed E-state index contributed by atoms with van der Waals surface area (Å²) in [7, 11) is 3.20. The van der Waals surface area contributed by atoms with Crippen molar-refractivity contribution < 1.29 is 14.0 Å². The first-order valence-electron chi connectivity index (χ1n) is 9.46. The lowest BCUT2D eigenvalue weighted by Gasteiger charge is -2.35. The highest BCUT2D eigenvalue weighted by Crippen LogP contribution is 2.24. The molecule has 0 radical (unpaired) electrons. The van der Waals surface area contributed by atoms with E-state index in [1.165, 1.54) is 35.5 Å². The van der Waals surface area contributed by atoms with Gasteiger partial charge in [0.05, 0.1) is 11.3 Å². The van der Waals surface area contributed by atoms with Gasteiger partial charge in [-0.25, -0.2) is 14.2 Å². The second-order valence-corrected chi connectivity index (χ2v) is 7.06. The van der Waals surface area contributed by atoms with Crippen molar-refractivity contribution >= 4 is 29.5 Å². The first-order valence-corrected chi connectivity index (χ1v) is 9.46.